The zero-order valence-corrected chi connectivity index (χ0v) is 11.4. The lowest BCUT2D eigenvalue weighted by molar-refractivity contribution is -0.147. The monoisotopic (exact) mass is 275 g/mol. The first-order chi connectivity index (χ1) is 9.72. The Kier molecular flexibility index (Phi) is 4.88. The fraction of sp³-hybridized carbons (Fsp3) is 0.571. The molecule has 1 aromatic heterocycles. The van der Waals surface area contributed by atoms with Crippen molar-refractivity contribution in [3.63, 3.8) is 0 Å². The molecule has 20 heavy (non-hydrogen) atoms. The van der Waals surface area contributed by atoms with Crippen LogP contribution >= 0.6 is 0 Å². The van der Waals surface area contributed by atoms with E-state index >= 15 is 0 Å². The second kappa shape index (κ2) is 6.85. The first-order valence-corrected chi connectivity index (χ1v) is 6.74. The van der Waals surface area contributed by atoms with Gasteiger partial charge in [0.25, 0.3) is 0 Å². The molecule has 2 rings (SSSR count). The van der Waals surface area contributed by atoms with E-state index in [1.807, 2.05) is 13.0 Å². The van der Waals surface area contributed by atoms with Crippen LogP contribution in [0.2, 0.25) is 0 Å². The minimum atomic E-state index is -0.108. The third-order valence-electron chi connectivity index (χ3n) is 3.38. The quantitative estimate of drug-likeness (QED) is 0.760. The van der Waals surface area contributed by atoms with Gasteiger partial charge in [0.2, 0.25) is 5.88 Å². The van der Waals surface area contributed by atoms with Gasteiger partial charge in [-0.05, 0) is 32.1 Å². The van der Waals surface area contributed by atoms with Gasteiger partial charge in [0.1, 0.15) is 18.1 Å². The SMILES string of the molecule is CCOC(=O)[C@H]1CC[C@H](COc2cc(C#N)ncn2)C1. The summed E-state index contributed by atoms with van der Waals surface area (Å²) in [4.78, 5) is 19.4. The molecule has 0 unspecified atom stereocenters. The molecule has 0 aliphatic heterocycles. The van der Waals surface area contributed by atoms with E-state index in [0.29, 0.717) is 25.0 Å². The van der Waals surface area contributed by atoms with Crippen LogP contribution in [0.4, 0.5) is 0 Å². The van der Waals surface area contributed by atoms with Gasteiger partial charge in [0.15, 0.2) is 0 Å². The summed E-state index contributed by atoms with van der Waals surface area (Å²) in [5, 5.41) is 8.74. The van der Waals surface area contributed by atoms with Crippen molar-refractivity contribution >= 4 is 5.97 Å². The van der Waals surface area contributed by atoms with E-state index in [1.54, 1.807) is 0 Å². The Morgan fingerprint density at radius 2 is 2.35 bits per heavy atom. The van der Waals surface area contributed by atoms with Crippen LogP contribution in [-0.4, -0.2) is 29.2 Å². The van der Waals surface area contributed by atoms with Crippen LogP contribution in [0, 0.1) is 23.2 Å². The molecule has 1 heterocycles. The van der Waals surface area contributed by atoms with Gasteiger partial charge in [-0.1, -0.05) is 0 Å². The van der Waals surface area contributed by atoms with E-state index in [4.69, 9.17) is 14.7 Å². The second-order valence-corrected chi connectivity index (χ2v) is 4.79. The van der Waals surface area contributed by atoms with E-state index < -0.39 is 0 Å². The highest BCUT2D eigenvalue weighted by Gasteiger charge is 2.31. The highest BCUT2D eigenvalue weighted by atomic mass is 16.5. The molecular weight excluding hydrogens is 258 g/mol. The van der Waals surface area contributed by atoms with E-state index in [1.165, 1.54) is 12.4 Å². The molecular formula is C14H17N3O3. The summed E-state index contributed by atoms with van der Waals surface area (Å²) in [6.45, 7) is 2.74. The Balaban J connectivity index is 1.81. The molecule has 6 nitrogen and oxygen atoms in total. The van der Waals surface area contributed by atoms with Crippen LogP contribution in [-0.2, 0) is 9.53 Å². The lowest BCUT2D eigenvalue weighted by Gasteiger charge is -2.11. The molecule has 0 radical (unpaired) electrons. The molecule has 6 heteroatoms. The zero-order valence-electron chi connectivity index (χ0n) is 11.4. The number of carbonyl (C=O) groups is 1. The first kappa shape index (κ1) is 14.3. The lowest BCUT2D eigenvalue weighted by atomic mass is 10.1. The van der Waals surface area contributed by atoms with Gasteiger partial charge < -0.3 is 9.47 Å². The number of carbonyl (C=O) groups excluding carboxylic acids is 1. The van der Waals surface area contributed by atoms with Crippen molar-refractivity contribution < 1.29 is 14.3 Å². The van der Waals surface area contributed by atoms with Gasteiger partial charge in [-0.2, -0.15) is 5.26 Å². The van der Waals surface area contributed by atoms with Gasteiger partial charge in [0, 0.05) is 6.07 Å². The normalized spacial score (nSPS) is 21.2. The predicted molar refractivity (Wildman–Crippen MR) is 69.7 cm³/mol. The van der Waals surface area contributed by atoms with Crippen LogP contribution in [0.3, 0.4) is 0 Å². The smallest absolute Gasteiger partial charge is 0.308 e. The molecule has 1 aliphatic carbocycles. The summed E-state index contributed by atoms with van der Waals surface area (Å²) >= 11 is 0. The molecule has 0 saturated heterocycles. The molecule has 1 fully saturated rings. The maximum atomic E-state index is 11.6. The molecule has 1 aliphatic rings. The van der Waals surface area contributed by atoms with E-state index in [0.717, 1.165) is 19.3 Å². The lowest BCUT2D eigenvalue weighted by Crippen LogP contribution is -2.16. The molecule has 1 saturated carbocycles. The van der Waals surface area contributed by atoms with E-state index in [-0.39, 0.29) is 17.6 Å². The minimum absolute atomic E-state index is 0.0105. The standard InChI is InChI=1S/C14H17N3O3/c1-2-19-14(18)11-4-3-10(5-11)8-20-13-6-12(7-15)16-9-17-13/h6,9-11H,2-5,8H2,1H3/t10-,11-/m0/s1. The number of nitrogens with zero attached hydrogens (tertiary/aromatic N) is 3. The summed E-state index contributed by atoms with van der Waals surface area (Å²) in [6, 6.07) is 3.45. The summed E-state index contributed by atoms with van der Waals surface area (Å²) in [5.74, 6) is 0.605. The Hall–Kier alpha value is -2.16. The van der Waals surface area contributed by atoms with Gasteiger partial charge in [-0.3, -0.25) is 4.79 Å². The second-order valence-electron chi connectivity index (χ2n) is 4.79. The van der Waals surface area contributed by atoms with Gasteiger partial charge >= 0.3 is 5.97 Å². The number of esters is 1. The van der Waals surface area contributed by atoms with E-state index in [2.05, 4.69) is 9.97 Å². The van der Waals surface area contributed by atoms with E-state index in [9.17, 15) is 4.79 Å². The minimum Gasteiger partial charge on any atom is -0.477 e. The number of aromatic nitrogens is 2. The van der Waals surface area contributed by atoms with Crippen LogP contribution < -0.4 is 4.74 Å². The number of hydrogen-bond donors (Lipinski definition) is 0. The Morgan fingerprint density at radius 1 is 1.50 bits per heavy atom. The fourth-order valence-corrected chi connectivity index (χ4v) is 2.38. The Labute approximate surface area is 117 Å². The van der Waals surface area contributed by atoms with Gasteiger partial charge in [-0.25, -0.2) is 9.97 Å². The van der Waals surface area contributed by atoms with Crippen LogP contribution in [0.15, 0.2) is 12.4 Å². The summed E-state index contributed by atoms with van der Waals surface area (Å²) in [7, 11) is 0. The van der Waals surface area contributed by atoms with Crippen molar-refractivity contribution in [3.8, 4) is 11.9 Å². The predicted octanol–water partition coefficient (Wildman–Crippen LogP) is 1.71. The highest BCUT2D eigenvalue weighted by Crippen LogP contribution is 2.32. The molecule has 0 aromatic carbocycles. The number of ether oxygens (including phenoxy) is 2. The highest BCUT2D eigenvalue weighted by molar-refractivity contribution is 5.72. The van der Waals surface area contributed by atoms with Gasteiger partial charge in [-0.15, -0.1) is 0 Å². The third kappa shape index (κ3) is 3.67. The topological polar surface area (TPSA) is 85.1 Å². The molecule has 0 amide bonds. The Morgan fingerprint density at radius 3 is 3.10 bits per heavy atom. The van der Waals surface area contributed by atoms with Crippen LogP contribution in [0.5, 0.6) is 5.88 Å². The first-order valence-electron chi connectivity index (χ1n) is 6.74. The van der Waals surface area contributed by atoms with Gasteiger partial charge in [0.05, 0.1) is 19.1 Å². The van der Waals surface area contributed by atoms with Crippen LogP contribution in [0.1, 0.15) is 31.9 Å². The van der Waals surface area contributed by atoms with Crippen molar-refractivity contribution in [2.45, 2.75) is 26.2 Å². The van der Waals surface area contributed by atoms with Crippen molar-refractivity contribution in [1.82, 2.24) is 9.97 Å². The van der Waals surface area contributed by atoms with Crippen molar-refractivity contribution in [3.05, 3.63) is 18.1 Å². The third-order valence-corrected chi connectivity index (χ3v) is 3.38. The maximum Gasteiger partial charge on any atom is 0.308 e. The molecule has 0 bridgehead atoms. The van der Waals surface area contributed by atoms with Crippen molar-refractivity contribution in [2.75, 3.05) is 13.2 Å². The van der Waals surface area contributed by atoms with Crippen LogP contribution in [0.25, 0.3) is 0 Å². The molecule has 2 atom stereocenters. The van der Waals surface area contributed by atoms with Crippen molar-refractivity contribution in [2.24, 2.45) is 11.8 Å². The summed E-state index contributed by atoms with van der Waals surface area (Å²) in [6.07, 6.45) is 3.89. The number of hydrogen-bond acceptors (Lipinski definition) is 6. The maximum absolute atomic E-state index is 11.6. The summed E-state index contributed by atoms with van der Waals surface area (Å²) < 4.78 is 10.6. The number of rotatable bonds is 5. The average Bonchev–Trinajstić information content (AvgIpc) is 2.94. The van der Waals surface area contributed by atoms with Crippen molar-refractivity contribution in [1.29, 1.82) is 5.26 Å². The molecule has 1 aromatic rings. The largest absolute Gasteiger partial charge is 0.477 e. The Bertz CT molecular complexity index is 513. The molecule has 106 valence electrons. The summed E-state index contributed by atoms with van der Waals surface area (Å²) in [5.41, 5.74) is 0.283. The zero-order chi connectivity index (χ0) is 14.4. The average molecular weight is 275 g/mol. The molecule has 0 N–H and O–H groups in total. The fourth-order valence-electron chi connectivity index (χ4n) is 2.38. The molecule has 0 spiro atoms. The number of nitriles is 1.